The Balaban J connectivity index is 1.70. The van der Waals surface area contributed by atoms with E-state index in [9.17, 15) is 0 Å². The predicted molar refractivity (Wildman–Crippen MR) is 114 cm³/mol. The van der Waals surface area contributed by atoms with Gasteiger partial charge in [-0.25, -0.2) is 9.98 Å². The predicted octanol–water partition coefficient (Wildman–Crippen LogP) is 4.79. The average Bonchev–Trinajstić information content (AvgIpc) is 2.64. The van der Waals surface area contributed by atoms with Crippen molar-refractivity contribution in [1.82, 2.24) is 0 Å². The molecular formula is C22H24N4. The third-order valence-corrected chi connectivity index (χ3v) is 4.10. The van der Waals surface area contributed by atoms with E-state index in [2.05, 4.69) is 44.1 Å². The van der Waals surface area contributed by atoms with Crippen LogP contribution in [0.25, 0.3) is 0 Å². The molecule has 0 amide bonds. The Morgan fingerprint density at radius 1 is 0.500 bits per heavy atom. The van der Waals surface area contributed by atoms with Gasteiger partial charge in [0, 0.05) is 39.6 Å². The molecule has 26 heavy (non-hydrogen) atoms. The number of benzene rings is 2. The van der Waals surface area contributed by atoms with Crippen LogP contribution < -0.4 is 9.80 Å². The van der Waals surface area contributed by atoms with E-state index in [1.54, 1.807) is 0 Å². The first-order chi connectivity index (χ1) is 12.5. The van der Waals surface area contributed by atoms with Crippen LogP contribution in [0.5, 0.6) is 0 Å². The highest BCUT2D eigenvalue weighted by Crippen LogP contribution is 2.20. The SMILES string of the molecule is CN(C)c1ccc(N=C2C=CC(=Nc3ccc(N(C)C)cc3)C=C2)cc1. The average molecular weight is 344 g/mol. The Bertz CT molecular complexity index is 776. The Kier molecular flexibility index (Phi) is 5.32. The topological polar surface area (TPSA) is 31.2 Å². The Morgan fingerprint density at radius 3 is 1.08 bits per heavy atom. The lowest BCUT2D eigenvalue weighted by atomic mass is 10.1. The van der Waals surface area contributed by atoms with Gasteiger partial charge in [0.1, 0.15) is 0 Å². The molecule has 0 bridgehead atoms. The summed E-state index contributed by atoms with van der Waals surface area (Å²) in [6.45, 7) is 0. The first kappa shape index (κ1) is 17.7. The number of anilines is 2. The minimum Gasteiger partial charge on any atom is -0.378 e. The van der Waals surface area contributed by atoms with Crippen molar-refractivity contribution in [1.29, 1.82) is 0 Å². The van der Waals surface area contributed by atoms with Crippen molar-refractivity contribution >= 4 is 34.2 Å². The molecule has 0 fully saturated rings. The summed E-state index contributed by atoms with van der Waals surface area (Å²) in [7, 11) is 8.12. The van der Waals surface area contributed by atoms with Gasteiger partial charge in [0.05, 0.1) is 22.8 Å². The second-order valence-corrected chi connectivity index (χ2v) is 6.56. The van der Waals surface area contributed by atoms with Gasteiger partial charge in [0.2, 0.25) is 0 Å². The monoisotopic (exact) mass is 344 g/mol. The zero-order valence-corrected chi connectivity index (χ0v) is 15.7. The summed E-state index contributed by atoms with van der Waals surface area (Å²) >= 11 is 0. The molecule has 2 aromatic rings. The maximum Gasteiger partial charge on any atom is 0.0638 e. The highest BCUT2D eigenvalue weighted by molar-refractivity contribution is 6.19. The number of hydrogen-bond donors (Lipinski definition) is 0. The smallest absolute Gasteiger partial charge is 0.0638 e. The van der Waals surface area contributed by atoms with E-state index in [1.807, 2.05) is 76.8 Å². The molecule has 0 atom stereocenters. The minimum absolute atomic E-state index is 0.921. The lowest BCUT2D eigenvalue weighted by Crippen LogP contribution is -2.07. The lowest BCUT2D eigenvalue weighted by molar-refractivity contribution is 1.13. The molecule has 0 unspecified atom stereocenters. The molecule has 0 aromatic heterocycles. The number of hydrogen-bond acceptors (Lipinski definition) is 4. The van der Waals surface area contributed by atoms with Crippen molar-refractivity contribution in [3.05, 3.63) is 72.8 Å². The summed E-state index contributed by atoms with van der Waals surface area (Å²) in [5.41, 5.74) is 6.06. The quantitative estimate of drug-likeness (QED) is 0.747. The van der Waals surface area contributed by atoms with Gasteiger partial charge in [-0.15, -0.1) is 0 Å². The van der Waals surface area contributed by atoms with E-state index in [0.717, 1.165) is 22.8 Å². The summed E-state index contributed by atoms with van der Waals surface area (Å²) < 4.78 is 0. The van der Waals surface area contributed by atoms with Crippen molar-refractivity contribution in [2.45, 2.75) is 0 Å². The van der Waals surface area contributed by atoms with E-state index in [4.69, 9.17) is 0 Å². The van der Waals surface area contributed by atoms with Crippen LogP contribution in [-0.2, 0) is 0 Å². The normalized spacial score (nSPS) is 12.9. The van der Waals surface area contributed by atoms with Gasteiger partial charge in [-0.1, -0.05) is 0 Å². The van der Waals surface area contributed by atoms with Gasteiger partial charge in [-0.05, 0) is 72.8 Å². The van der Waals surface area contributed by atoms with Crippen molar-refractivity contribution < 1.29 is 0 Å². The third kappa shape index (κ3) is 4.48. The van der Waals surface area contributed by atoms with E-state index in [0.29, 0.717) is 0 Å². The molecule has 132 valence electrons. The molecule has 0 aliphatic heterocycles. The van der Waals surface area contributed by atoms with E-state index in [-0.39, 0.29) is 0 Å². The number of allylic oxidation sites excluding steroid dienone is 4. The Hall–Kier alpha value is -3.14. The number of aliphatic imine (C=N–C) groups is 2. The van der Waals surface area contributed by atoms with Crippen molar-refractivity contribution in [3.63, 3.8) is 0 Å². The maximum absolute atomic E-state index is 4.66. The maximum atomic E-state index is 4.66. The highest BCUT2D eigenvalue weighted by atomic mass is 15.1. The number of nitrogens with zero attached hydrogens (tertiary/aromatic N) is 4. The van der Waals surface area contributed by atoms with Gasteiger partial charge in [0.15, 0.2) is 0 Å². The zero-order valence-electron chi connectivity index (χ0n) is 15.7. The molecule has 0 radical (unpaired) electrons. The van der Waals surface area contributed by atoms with Crippen molar-refractivity contribution in [3.8, 4) is 0 Å². The first-order valence-corrected chi connectivity index (χ1v) is 8.59. The molecule has 4 nitrogen and oxygen atoms in total. The third-order valence-electron chi connectivity index (χ3n) is 4.10. The van der Waals surface area contributed by atoms with E-state index < -0.39 is 0 Å². The van der Waals surface area contributed by atoms with Gasteiger partial charge < -0.3 is 9.80 Å². The molecule has 1 aliphatic carbocycles. The Morgan fingerprint density at radius 2 is 0.808 bits per heavy atom. The molecule has 0 saturated carbocycles. The van der Waals surface area contributed by atoms with Gasteiger partial charge in [0.25, 0.3) is 0 Å². The minimum atomic E-state index is 0.921. The van der Waals surface area contributed by atoms with Crippen LogP contribution in [0.4, 0.5) is 22.7 Å². The standard InChI is InChI=1S/C22H24N4/c1-25(2)21-13-9-19(10-14-21)23-17-5-7-18(8-6-17)24-20-11-15-22(16-12-20)26(3)4/h5-16H,1-4H3. The fraction of sp³-hybridized carbons (Fsp3) is 0.182. The number of rotatable bonds is 4. The molecular weight excluding hydrogens is 320 g/mol. The highest BCUT2D eigenvalue weighted by Gasteiger charge is 2.02. The fourth-order valence-corrected chi connectivity index (χ4v) is 2.55. The van der Waals surface area contributed by atoms with Crippen molar-refractivity contribution in [2.75, 3.05) is 38.0 Å². The second kappa shape index (κ2) is 7.83. The molecule has 4 heteroatoms. The first-order valence-electron chi connectivity index (χ1n) is 8.59. The summed E-state index contributed by atoms with van der Waals surface area (Å²) in [6.07, 6.45) is 7.97. The van der Waals surface area contributed by atoms with Crippen LogP contribution in [-0.4, -0.2) is 39.6 Å². The molecule has 1 aliphatic rings. The fourth-order valence-electron chi connectivity index (χ4n) is 2.55. The largest absolute Gasteiger partial charge is 0.378 e. The summed E-state index contributed by atoms with van der Waals surface area (Å²) in [4.78, 5) is 13.5. The van der Waals surface area contributed by atoms with Crippen LogP contribution in [0, 0.1) is 0 Å². The van der Waals surface area contributed by atoms with Crippen molar-refractivity contribution in [2.24, 2.45) is 9.98 Å². The zero-order chi connectivity index (χ0) is 18.5. The molecule has 3 rings (SSSR count). The lowest BCUT2D eigenvalue weighted by Gasteiger charge is -2.12. The van der Waals surface area contributed by atoms with Crippen LogP contribution in [0.3, 0.4) is 0 Å². The summed E-state index contributed by atoms with van der Waals surface area (Å²) in [6, 6.07) is 16.4. The van der Waals surface area contributed by atoms with E-state index >= 15 is 0 Å². The van der Waals surface area contributed by atoms with Gasteiger partial charge in [-0.3, -0.25) is 0 Å². The molecule has 0 heterocycles. The molecule has 0 spiro atoms. The molecule has 0 saturated heterocycles. The van der Waals surface area contributed by atoms with Crippen LogP contribution in [0.2, 0.25) is 0 Å². The molecule has 0 N–H and O–H groups in total. The van der Waals surface area contributed by atoms with Crippen LogP contribution in [0.15, 0.2) is 82.8 Å². The summed E-state index contributed by atoms with van der Waals surface area (Å²) in [5.74, 6) is 0. The summed E-state index contributed by atoms with van der Waals surface area (Å²) in [5, 5.41) is 0. The molecule has 2 aromatic carbocycles. The second-order valence-electron chi connectivity index (χ2n) is 6.56. The Labute approximate surface area is 155 Å². The van der Waals surface area contributed by atoms with Gasteiger partial charge >= 0.3 is 0 Å². The van der Waals surface area contributed by atoms with E-state index in [1.165, 1.54) is 11.4 Å². The van der Waals surface area contributed by atoms with Gasteiger partial charge in [-0.2, -0.15) is 0 Å². The van der Waals surface area contributed by atoms with Crippen LogP contribution >= 0.6 is 0 Å². The van der Waals surface area contributed by atoms with Crippen LogP contribution in [0.1, 0.15) is 0 Å².